The Balaban J connectivity index is 1.89. The van der Waals surface area contributed by atoms with E-state index >= 15 is 0 Å². The lowest BCUT2D eigenvalue weighted by molar-refractivity contribution is 0.0941. The number of thiophene rings is 1. The summed E-state index contributed by atoms with van der Waals surface area (Å²) in [5, 5.41) is 9.08. The first-order chi connectivity index (χ1) is 10.1. The van der Waals surface area contributed by atoms with Crippen molar-refractivity contribution in [3.63, 3.8) is 0 Å². The van der Waals surface area contributed by atoms with Crippen LogP contribution in [0, 0.1) is 0 Å². The number of hydrogen-bond acceptors (Lipinski definition) is 3. The van der Waals surface area contributed by atoms with Crippen molar-refractivity contribution in [1.29, 1.82) is 0 Å². The summed E-state index contributed by atoms with van der Waals surface area (Å²) in [5.74, 6) is -0.142. The van der Waals surface area contributed by atoms with E-state index < -0.39 is 0 Å². The van der Waals surface area contributed by atoms with Crippen molar-refractivity contribution in [1.82, 2.24) is 5.32 Å². The van der Waals surface area contributed by atoms with E-state index in [-0.39, 0.29) is 11.9 Å². The van der Waals surface area contributed by atoms with E-state index in [1.54, 1.807) is 11.3 Å². The Morgan fingerprint density at radius 1 is 1.19 bits per heavy atom. The number of carbonyl (C=O) groups is 1. The molecule has 106 valence electrons. The summed E-state index contributed by atoms with van der Waals surface area (Å²) in [5.41, 5.74) is 8.15. The summed E-state index contributed by atoms with van der Waals surface area (Å²) in [7, 11) is 0. The van der Waals surface area contributed by atoms with Gasteiger partial charge >= 0.3 is 0 Å². The molecule has 3 N–H and O–H groups in total. The van der Waals surface area contributed by atoms with Crippen LogP contribution >= 0.6 is 11.3 Å². The van der Waals surface area contributed by atoms with Gasteiger partial charge in [0.2, 0.25) is 0 Å². The summed E-state index contributed by atoms with van der Waals surface area (Å²) in [4.78, 5) is 12.4. The van der Waals surface area contributed by atoms with Gasteiger partial charge in [-0.25, -0.2) is 0 Å². The first-order valence-corrected chi connectivity index (χ1v) is 7.70. The fourth-order valence-corrected chi connectivity index (χ4v) is 3.09. The van der Waals surface area contributed by atoms with Crippen molar-refractivity contribution in [2.24, 2.45) is 0 Å². The fourth-order valence-electron chi connectivity index (χ4n) is 2.33. The maximum Gasteiger partial charge on any atom is 0.253 e. The summed E-state index contributed by atoms with van der Waals surface area (Å²) >= 11 is 1.62. The van der Waals surface area contributed by atoms with Crippen LogP contribution in [0.15, 0.2) is 53.2 Å². The quantitative estimate of drug-likeness (QED) is 0.718. The molecule has 0 spiro atoms. The lowest BCUT2D eigenvalue weighted by Crippen LogP contribution is -2.27. The number of rotatable bonds is 3. The molecule has 0 saturated carbocycles. The molecular formula is C17H16N2OS. The molecule has 2 aromatic carbocycles. The van der Waals surface area contributed by atoms with Crippen molar-refractivity contribution in [2.75, 3.05) is 5.73 Å². The minimum absolute atomic E-state index is 0.0328. The summed E-state index contributed by atoms with van der Waals surface area (Å²) in [6.07, 6.45) is 0. The Morgan fingerprint density at radius 3 is 2.57 bits per heavy atom. The fraction of sp³-hybridized carbons (Fsp3) is 0.118. The monoisotopic (exact) mass is 296 g/mol. The molecule has 3 nitrogen and oxygen atoms in total. The number of fused-ring (bicyclic) bond motifs is 1. The largest absolute Gasteiger partial charge is 0.398 e. The molecule has 1 unspecified atom stereocenters. The van der Waals surface area contributed by atoms with Crippen LogP contribution in [0.25, 0.3) is 10.8 Å². The lowest BCUT2D eigenvalue weighted by Gasteiger charge is -2.14. The molecule has 0 aliphatic rings. The highest BCUT2D eigenvalue weighted by atomic mass is 32.1. The zero-order valence-electron chi connectivity index (χ0n) is 11.7. The third-order valence-electron chi connectivity index (χ3n) is 3.55. The van der Waals surface area contributed by atoms with Gasteiger partial charge in [0, 0.05) is 5.69 Å². The smallest absolute Gasteiger partial charge is 0.253 e. The van der Waals surface area contributed by atoms with Gasteiger partial charge in [-0.05, 0) is 52.2 Å². The second kappa shape index (κ2) is 5.58. The molecule has 0 fully saturated rings. The van der Waals surface area contributed by atoms with Gasteiger partial charge in [0.25, 0.3) is 5.91 Å². The van der Waals surface area contributed by atoms with E-state index in [0.29, 0.717) is 11.3 Å². The van der Waals surface area contributed by atoms with Crippen LogP contribution in [0.1, 0.15) is 28.9 Å². The highest BCUT2D eigenvalue weighted by Crippen LogP contribution is 2.23. The number of anilines is 1. The molecule has 0 bridgehead atoms. The van der Waals surface area contributed by atoms with Crippen LogP contribution in [0.2, 0.25) is 0 Å². The van der Waals surface area contributed by atoms with Crippen molar-refractivity contribution in [3.05, 3.63) is 64.4 Å². The number of nitrogens with one attached hydrogen (secondary N) is 1. The Hall–Kier alpha value is -2.33. The Morgan fingerprint density at radius 2 is 1.90 bits per heavy atom. The topological polar surface area (TPSA) is 55.1 Å². The van der Waals surface area contributed by atoms with Crippen LogP contribution < -0.4 is 11.1 Å². The molecule has 1 amide bonds. The predicted molar refractivity (Wildman–Crippen MR) is 88.6 cm³/mol. The van der Waals surface area contributed by atoms with Crippen LogP contribution in [0.5, 0.6) is 0 Å². The predicted octanol–water partition coefficient (Wildman–Crippen LogP) is 3.97. The van der Waals surface area contributed by atoms with E-state index in [1.807, 2.05) is 60.1 Å². The van der Waals surface area contributed by atoms with E-state index in [9.17, 15) is 4.79 Å². The zero-order valence-corrected chi connectivity index (χ0v) is 12.5. The number of carbonyl (C=O) groups excluding carboxylic acids is 1. The van der Waals surface area contributed by atoms with Gasteiger partial charge in [-0.1, -0.05) is 24.3 Å². The molecule has 1 aromatic heterocycles. The molecule has 21 heavy (non-hydrogen) atoms. The molecule has 3 rings (SSSR count). The van der Waals surface area contributed by atoms with Gasteiger partial charge in [0.15, 0.2) is 0 Å². The third kappa shape index (κ3) is 2.76. The highest BCUT2D eigenvalue weighted by molar-refractivity contribution is 7.07. The average Bonchev–Trinajstić information content (AvgIpc) is 3.00. The molecule has 1 heterocycles. The Labute approximate surface area is 127 Å². The van der Waals surface area contributed by atoms with Gasteiger partial charge in [-0.3, -0.25) is 4.79 Å². The average molecular weight is 296 g/mol. The van der Waals surface area contributed by atoms with E-state index in [0.717, 1.165) is 16.3 Å². The number of benzene rings is 2. The first-order valence-electron chi connectivity index (χ1n) is 6.76. The number of nitrogens with two attached hydrogens (primary N) is 1. The first kappa shape index (κ1) is 13.6. The van der Waals surface area contributed by atoms with Gasteiger partial charge in [0.05, 0.1) is 11.6 Å². The van der Waals surface area contributed by atoms with Crippen molar-refractivity contribution < 1.29 is 4.79 Å². The second-order valence-corrected chi connectivity index (χ2v) is 5.82. The normalized spacial score (nSPS) is 12.2. The van der Waals surface area contributed by atoms with Gasteiger partial charge < -0.3 is 11.1 Å². The van der Waals surface area contributed by atoms with Crippen molar-refractivity contribution >= 4 is 33.7 Å². The minimum atomic E-state index is -0.142. The molecule has 3 aromatic rings. The SMILES string of the molecule is CC(NC(=O)c1cc2ccccc2cc1N)c1ccsc1. The minimum Gasteiger partial charge on any atom is -0.398 e. The van der Waals surface area contributed by atoms with Gasteiger partial charge in [-0.15, -0.1) is 0 Å². The van der Waals surface area contributed by atoms with Crippen LogP contribution in [-0.4, -0.2) is 5.91 Å². The highest BCUT2D eigenvalue weighted by Gasteiger charge is 2.14. The number of amides is 1. The summed E-state index contributed by atoms with van der Waals surface area (Å²) in [6.45, 7) is 1.97. The van der Waals surface area contributed by atoms with Crippen LogP contribution in [0.3, 0.4) is 0 Å². The molecule has 0 aliphatic carbocycles. The van der Waals surface area contributed by atoms with Gasteiger partial charge in [0.1, 0.15) is 0 Å². The van der Waals surface area contributed by atoms with Crippen molar-refractivity contribution in [3.8, 4) is 0 Å². The van der Waals surface area contributed by atoms with Crippen molar-refractivity contribution in [2.45, 2.75) is 13.0 Å². The second-order valence-electron chi connectivity index (χ2n) is 5.04. The maximum absolute atomic E-state index is 12.4. The van der Waals surface area contributed by atoms with E-state index in [4.69, 9.17) is 5.73 Å². The van der Waals surface area contributed by atoms with Crippen LogP contribution in [0.4, 0.5) is 5.69 Å². The van der Waals surface area contributed by atoms with Gasteiger partial charge in [-0.2, -0.15) is 11.3 Å². The maximum atomic E-state index is 12.4. The summed E-state index contributed by atoms with van der Waals surface area (Å²) < 4.78 is 0. The molecule has 4 heteroatoms. The van der Waals surface area contributed by atoms with E-state index in [2.05, 4.69) is 5.32 Å². The molecule has 0 radical (unpaired) electrons. The molecular weight excluding hydrogens is 280 g/mol. The third-order valence-corrected chi connectivity index (χ3v) is 4.25. The standard InChI is InChI=1S/C17H16N2OS/c1-11(14-6-7-21-10-14)19-17(20)15-8-12-4-2-3-5-13(12)9-16(15)18/h2-11H,18H2,1H3,(H,19,20). The Kier molecular flexibility index (Phi) is 3.62. The van der Waals surface area contributed by atoms with E-state index in [1.165, 1.54) is 0 Å². The Bertz CT molecular complexity index is 781. The lowest BCUT2D eigenvalue weighted by atomic mass is 10.0. The van der Waals surface area contributed by atoms with Crippen LogP contribution in [-0.2, 0) is 0 Å². The number of hydrogen-bond donors (Lipinski definition) is 2. The molecule has 0 saturated heterocycles. The zero-order chi connectivity index (χ0) is 14.8. The molecule has 0 aliphatic heterocycles. The summed E-state index contributed by atoms with van der Waals surface area (Å²) in [6, 6.07) is 13.6. The number of nitrogen functional groups attached to an aromatic ring is 1. The molecule has 1 atom stereocenters.